The molecule has 0 spiro atoms. The number of ether oxygens (including phenoxy) is 1. The zero-order valence-corrected chi connectivity index (χ0v) is 13.6. The van der Waals surface area contributed by atoms with Gasteiger partial charge in [-0.25, -0.2) is 13.2 Å². The van der Waals surface area contributed by atoms with Crippen LogP contribution in [0.15, 0.2) is 47.4 Å². The molecule has 0 atom stereocenters. The molecule has 2 aromatic carbocycles. The average Bonchev–Trinajstić information content (AvgIpc) is 2.47. The minimum atomic E-state index is -3.38. The first-order chi connectivity index (χ1) is 10.3. The first-order valence-electron chi connectivity index (χ1n) is 6.93. The molecule has 0 heterocycles. The number of carbonyl (C=O) groups excluding carboxylic acids is 1. The van der Waals surface area contributed by atoms with Gasteiger partial charge in [-0.05, 0) is 48.7 Å². The van der Waals surface area contributed by atoms with E-state index >= 15 is 0 Å². The molecule has 5 heteroatoms. The molecular formula is C17H18O4S. The molecule has 0 bridgehead atoms. The monoisotopic (exact) mass is 318 g/mol. The van der Waals surface area contributed by atoms with Gasteiger partial charge < -0.3 is 4.74 Å². The molecule has 2 aromatic rings. The number of sulfone groups is 1. The minimum absolute atomic E-state index is 0.142. The third-order valence-electron chi connectivity index (χ3n) is 3.37. The normalized spacial score (nSPS) is 11.2. The topological polar surface area (TPSA) is 60.4 Å². The van der Waals surface area contributed by atoms with Crippen LogP contribution in [-0.2, 0) is 16.3 Å². The first-order valence-corrected chi connectivity index (χ1v) is 8.82. The number of carbonyl (C=O) groups is 1. The Hall–Kier alpha value is -2.14. The maximum Gasteiger partial charge on any atom is 0.343 e. The van der Waals surface area contributed by atoms with Crippen LogP contribution < -0.4 is 4.74 Å². The standard InChI is InChI=1S/C17H18O4S/c1-4-13-6-9-15(10-7-13)21-17(18)14-8-5-12(2)16(11-14)22(3,19)20/h5-11H,4H2,1-3H3. The Kier molecular flexibility index (Phi) is 4.66. The molecule has 22 heavy (non-hydrogen) atoms. The summed E-state index contributed by atoms with van der Waals surface area (Å²) >= 11 is 0. The predicted octanol–water partition coefficient (Wildman–Crippen LogP) is 3.18. The lowest BCUT2D eigenvalue weighted by Crippen LogP contribution is -2.10. The van der Waals surface area contributed by atoms with Crippen molar-refractivity contribution in [3.05, 3.63) is 59.2 Å². The van der Waals surface area contributed by atoms with Crippen LogP contribution in [0.4, 0.5) is 0 Å². The van der Waals surface area contributed by atoms with Crippen LogP contribution in [0.25, 0.3) is 0 Å². The maximum atomic E-state index is 12.1. The molecule has 0 aliphatic carbocycles. The third-order valence-corrected chi connectivity index (χ3v) is 4.60. The van der Waals surface area contributed by atoms with Crippen LogP contribution in [0.2, 0.25) is 0 Å². The van der Waals surface area contributed by atoms with Gasteiger partial charge >= 0.3 is 5.97 Å². The molecule has 116 valence electrons. The number of hydrogen-bond donors (Lipinski definition) is 0. The van der Waals surface area contributed by atoms with Crippen LogP contribution in [0.1, 0.15) is 28.4 Å². The lowest BCUT2D eigenvalue weighted by molar-refractivity contribution is 0.0734. The zero-order chi connectivity index (χ0) is 16.3. The van der Waals surface area contributed by atoms with Crippen molar-refractivity contribution in [2.45, 2.75) is 25.2 Å². The molecule has 0 saturated heterocycles. The fraction of sp³-hybridized carbons (Fsp3) is 0.235. The van der Waals surface area contributed by atoms with Crippen molar-refractivity contribution in [3.63, 3.8) is 0 Å². The van der Waals surface area contributed by atoms with Gasteiger partial charge in [0, 0.05) is 6.26 Å². The molecule has 0 aliphatic rings. The van der Waals surface area contributed by atoms with E-state index in [1.807, 2.05) is 19.1 Å². The maximum absolute atomic E-state index is 12.1. The fourth-order valence-corrected chi connectivity index (χ4v) is 3.08. The quantitative estimate of drug-likeness (QED) is 0.641. The van der Waals surface area contributed by atoms with Gasteiger partial charge in [-0.15, -0.1) is 0 Å². The van der Waals surface area contributed by atoms with Crippen molar-refractivity contribution in [1.29, 1.82) is 0 Å². The SMILES string of the molecule is CCc1ccc(OC(=O)c2ccc(C)c(S(C)(=O)=O)c2)cc1. The molecule has 0 fully saturated rings. The van der Waals surface area contributed by atoms with Gasteiger partial charge in [0.2, 0.25) is 0 Å². The number of esters is 1. The van der Waals surface area contributed by atoms with E-state index in [2.05, 4.69) is 0 Å². The molecule has 0 aromatic heterocycles. The number of hydrogen-bond acceptors (Lipinski definition) is 4. The molecule has 0 radical (unpaired) electrons. The van der Waals surface area contributed by atoms with Crippen LogP contribution in [-0.4, -0.2) is 20.6 Å². The Labute approximate surface area is 130 Å². The van der Waals surface area contributed by atoms with Crippen LogP contribution in [0, 0.1) is 6.92 Å². The van der Waals surface area contributed by atoms with Gasteiger partial charge in [0.25, 0.3) is 0 Å². The van der Waals surface area contributed by atoms with E-state index in [9.17, 15) is 13.2 Å². The highest BCUT2D eigenvalue weighted by atomic mass is 32.2. The van der Waals surface area contributed by atoms with Crippen molar-refractivity contribution in [2.75, 3.05) is 6.26 Å². The van der Waals surface area contributed by atoms with Gasteiger partial charge in [-0.2, -0.15) is 0 Å². The number of rotatable bonds is 4. The van der Waals surface area contributed by atoms with Gasteiger partial charge in [-0.1, -0.05) is 25.1 Å². The highest BCUT2D eigenvalue weighted by Crippen LogP contribution is 2.19. The second-order valence-corrected chi connectivity index (χ2v) is 7.12. The Balaban J connectivity index is 2.26. The Morgan fingerprint density at radius 3 is 2.27 bits per heavy atom. The van der Waals surface area contributed by atoms with Crippen molar-refractivity contribution in [3.8, 4) is 5.75 Å². The molecule has 0 saturated carbocycles. The molecule has 0 amide bonds. The summed E-state index contributed by atoms with van der Waals surface area (Å²) in [5.41, 5.74) is 1.96. The Morgan fingerprint density at radius 1 is 1.09 bits per heavy atom. The average molecular weight is 318 g/mol. The lowest BCUT2D eigenvalue weighted by atomic mass is 10.1. The summed E-state index contributed by atoms with van der Waals surface area (Å²) in [5, 5.41) is 0. The zero-order valence-electron chi connectivity index (χ0n) is 12.8. The van der Waals surface area contributed by atoms with Gasteiger partial charge in [0.15, 0.2) is 9.84 Å². The lowest BCUT2D eigenvalue weighted by Gasteiger charge is -2.08. The largest absolute Gasteiger partial charge is 0.423 e. The van der Waals surface area contributed by atoms with E-state index in [0.29, 0.717) is 11.3 Å². The highest BCUT2D eigenvalue weighted by Gasteiger charge is 2.16. The minimum Gasteiger partial charge on any atom is -0.423 e. The number of aryl methyl sites for hydroxylation is 2. The summed E-state index contributed by atoms with van der Waals surface area (Å²) in [5.74, 6) is -0.141. The summed E-state index contributed by atoms with van der Waals surface area (Å²) in [4.78, 5) is 12.3. The predicted molar refractivity (Wildman–Crippen MR) is 85.1 cm³/mol. The fourth-order valence-electron chi connectivity index (χ4n) is 2.09. The van der Waals surface area contributed by atoms with Crippen molar-refractivity contribution in [2.24, 2.45) is 0 Å². The summed E-state index contributed by atoms with van der Waals surface area (Å²) in [6, 6.07) is 11.7. The van der Waals surface area contributed by atoms with E-state index in [1.165, 1.54) is 6.07 Å². The van der Waals surface area contributed by atoms with Crippen LogP contribution in [0.3, 0.4) is 0 Å². The van der Waals surface area contributed by atoms with E-state index in [4.69, 9.17) is 4.74 Å². The van der Waals surface area contributed by atoms with Crippen molar-refractivity contribution in [1.82, 2.24) is 0 Å². The van der Waals surface area contributed by atoms with Crippen LogP contribution in [0.5, 0.6) is 5.75 Å². The van der Waals surface area contributed by atoms with Crippen molar-refractivity contribution < 1.29 is 17.9 Å². The van der Waals surface area contributed by atoms with Gasteiger partial charge in [0.1, 0.15) is 5.75 Å². The Morgan fingerprint density at radius 2 is 1.73 bits per heavy atom. The summed E-state index contributed by atoms with van der Waals surface area (Å²) < 4.78 is 28.7. The second-order valence-electron chi connectivity index (χ2n) is 5.14. The smallest absolute Gasteiger partial charge is 0.343 e. The van der Waals surface area contributed by atoms with Gasteiger partial charge in [-0.3, -0.25) is 0 Å². The second kappa shape index (κ2) is 6.32. The highest BCUT2D eigenvalue weighted by molar-refractivity contribution is 7.90. The summed E-state index contributed by atoms with van der Waals surface area (Å²) in [6.07, 6.45) is 2.03. The molecule has 0 aliphatic heterocycles. The number of benzene rings is 2. The molecule has 0 unspecified atom stereocenters. The first kappa shape index (κ1) is 16.2. The summed E-state index contributed by atoms with van der Waals surface area (Å²) in [7, 11) is -3.38. The van der Waals surface area contributed by atoms with E-state index in [-0.39, 0.29) is 10.5 Å². The van der Waals surface area contributed by atoms with E-state index < -0.39 is 15.8 Å². The Bertz CT molecular complexity index is 790. The van der Waals surface area contributed by atoms with E-state index in [0.717, 1.165) is 18.2 Å². The van der Waals surface area contributed by atoms with E-state index in [1.54, 1.807) is 31.2 Å². The summed E-state index contributed by atoms with van der Waals surface area (Å²) in [6.45, 7) is 3.73. The molecular weight excluding hydrogens is 300 g/mol. The van der Waals surface area contributed by atoms with Crippen molar-refractivity contribution >= 4 is 15.8 Å². The molecule has 0 N–H and O–H groups in total. The van der Waals surface area contributed by atoms with Crippen LogP contribution >= 0.6 is 0 Å². The van der Waals surface area contributed by atoms with Gasteiger partial charge in [0.05, 0.1) is 10.5 Å². The third kappa shape index (κ3) is 3.74. The molecule has 4 nitrogen and oxygen atoms in total. The molecule has 2 rings (SSSR count).